The number of hydrogen-bond donors (Lipinski definition) is 1. The molecule has 2 aliphatic rings. The van der Waals surface area contributed by atoms with Gasteiger partial charge in [-0.25, -0.2) is 9.78 Å². The molecule has 1 aromatic heterocycles. The van der Waals surface area contributed by atoms with Gasteiger partial charge >= 0.3 is 6.09 Å². The van der Waals surface area contributed by atoms with Crippen LogP contribution in [-0.2, 0) is 11.3 Å². The molecule has 1 aliphatic heterocycles. The SMILES string of the molecule is CC(C)(C)OC(=O)N1CC2CCC(NCc3nccs3)CC2C1. The van der Waals surface area contributed by atoms with Crippen LogP contribution >= 0.6 is 11.3 Å². The van der Waals surface area contributed by atoms with Crippen LogP contribution in [-0.4, -0.2) is 40.7 Å². The lowest BCUT2D eigenvalue weighted by Crippen LogP contribution is -2.37. The van der Waals surface area contributed by atoms with Crippen molar-refractivity contribution in [2.45, 2.75) is 58.2 Å². The number of ether oxygens (including phenoxy) is 1. The Morgan fingerprint density at radius 3 is 2.87 bits per heavy atom. The van der Waals surface area contributed by atoms with Crippen LogP contribution in [0.3, 0.4) is 0 Å². The first kappa shape index (κ1) is 16.7. The molecule has 1 saturated heterocycles. The predicted octanol–water partition coefficient (Wildman–Crippen LogP) is 3.27. The molecule has 0 spiro atoms. The summed E-state index contributed by atoms with van der Waals surface area (Å²) in [6.07, 6.45) is 5.23. The van der Waals surface area contributed by atoms with Crippen LogP contribution in [0.15, 0.2) is 11.6 Å². The predicted molar refractivity (Wildman–Crippen MR) is 91.4 cm³/mol. The topological polar surface area (TPSA) is 54.5 Å². The molecule has 2 heterocycles. The number of nitrogens with zero attached hydrogens (tertiary/aromatic N) is 2. The zero-order valence-corrected chi connectivity index (χ0v) is 15.1. The van der Waals surface area contributed by atoms with Gasteiger partial charge in [-0.3, -0.25) is 0 Å². The van der Waals surface area contributed by atoms with Gasteiger partial charge < -0.3 is 15.0 Å². The van der Waals surface area contributed by atoms with Gasteiger partial charge in [0.25, 0.3) is 0 Å². The van der Waals surface area contributed by atoms with Crippen molar-refractivity contribution in [3.8, 4) is 0 Å². The van der Waals surface area contributed by atoms with Crippen LogP contribution < -0.4 is 5.32 Å². The van der Waals surface area contributed by atoms with E-state index in [1.165, 1.54) is 12.8 Å². The summed E-state index contributed by atoms with van der Waals surface area (Å²) in [5.41, 5.74) is -0.414. The Hall–Kier alpha value is -1.14. The summed E-state index contributed by atoms with van der Waals surface area (Å²) in [5, 5.41) is 6.80. The van der Waals surface area contributed by atoms with E-state index in [9.17, 15) is 4.79 Å². The second-order valence-electron chi connectivity index (χ2n) is 7.72. The van der Waals surface area contributed by atoms with Crippen molar-refractivity contribution in [3.05, 3.63) is 16.6 Å². The van der Waals surface area contributed by atoms with Crippen LogP contribution in [0.25, 0.3) is 0 Å². The first-order chi connectivity index (χ1) is 10.9. The second-order valence-corrected chi connectivity index (χ2v) is 8.70. The van der Waals surface area contributed by atoms with Crippen molar-refractivity contribution < 1.29 is 9.53 Å². The normalized spacial score (nSPS) is 27.8. The quantitative estimate of drug-likeness (QED) is 0.920. The van der Waals surface area contributed by atoms with E-state index in [-0.39, 0.29) is 6.09 Å². The molecule has 5 nitrogen and oxygen atoms in total. The highest BCUT2D eigenvalue weighted by Gasteiger charge is 2.40. The van der Waals surface area contributed by atoms with E-state index < -0.39 is 5.60 Å². The van der Waals surface area contributed by atoms with E-state index in [1.807, 2.05) is 37.2 Å². The molecule has 3 unspecified atom stereocenters. The molecule has 1 N–H and O–H groups in total. The van der Waals surface area contributed by atoms with Gasteiger partial charge in [-0.15, -0.1) is 11.3 Å². The van der Waals surface area contributed by atoms with Crippen molar-refractivity contribution in [1.82, 2.24) is 15.2 Å². The minimum absolute atomic E-state index is 0.154. The lowest BCUT2D eigenvalue weighted by molar-refractivity contribution is 0.0284. The molecule has 1 aliphatic carbocycles. The van der Waals surface area contributed by atoms with E-state index in [2.05, 4.69) is 10.3 Å². The van der Waals surface area contributed by atoms with Gasteiger partial charge in [0, 0.05) is 37.3 Å². The molecule has 6 heteroatoms. The Balaban J connectivity index is 1.48. The number of aromatic nitrogens is 1. The molecular formula is C17H27N3O2S. The summed E-state index contributed by atoms with van der Waals surface area (Å²) >= 11 is 1.70. The standard InChI is InChI=1S/C17H27N3O2S/c1-17(2,3)22-16(21)20-10-12-4-5-14(8-13(12)11-20)19-9-15-18-6-7-23-15/h6-7,12-14,19H,4-5,8-11H2,1-3H3. The summed E-state index contributed by atoms with van der Waals surface area (Å²) in [6.45, 7) is 8.33. The molecule has 1 amide bonds. The average molecular weight is 337 g/mol. The molecule has 1 aromatic rings. The summed E-state index contributed by atoms with van der Waals surface area (Å²) in [7, 11) is 0. The largest absolute Gasteiger partial charge is 0.444 e. The zero-order valence-electron chi connectivity index (χ0n) is 14.2. The number of rotatable bonds is 3. The number of hydrogen-bond acceptors (Lipinski definition) is 5. The van der Waals surface area contributed by atoms with Crippen molar-refractivity contribution in [1.29, 1.82) is 0 Å². The Bertz CT molecular complexity index is 526. The lowest BCUT2D eigenvalue weighted by Gasteiger charge is -2.31. The molecule has 1 saturated carbocycles. The molecule has 128 valence electrons. The lowest BCUT2D eigenvalue weighted by atomic mass is 9.79. The molecule has 0 aromatic carbocycles. The average Bonchev–Trinajstić information content (AvgIpc) is 3.12. The van der Waals surface area contributed by atoms with Crippen molar-refractivity contribution >= 4 is 17.4 Å². The maximum Gasteiger partial charge on any atom is 0.410 e. The second kappa shape index (κ2) is 6.77. The molecule has 23 heavy (non-hydrogen) atoms. The molecular weight excluding hydrogens is 310 g/mol. The van der Waals surface area contributed by atoms with Crippen LogP contribution in [0, 0.1) is 11.8 Å². The van der Waals surface area contributed by atoms with Gasteiger partial charge in [-0.2, -0.15) is 0 Å². The highest BCUT2D eigenvalue weighted by molar-refractivity contribution is 7.09. The number of carbonyl (C=O) groups excluding carboxylic acids is 1. The smallest absolute Gasteiger partial charge is 0.410 e. The Labute approximate surface area is 142 Å². The fourth-order valence-corrected chi connectivity index (χ4v) is 4.23. The number of thiazole rings is 1. The highest BCUT2D eigenvalue weighted by atomic mass is 32.1. The van der Waals surface area contributed by atoms with Crippen LogP contribution in [0.2, 0.25) is 0 Å². The first-order valence-electron chi connectivity index (χ1n) is 8.50. The van der Waals surface area contributed by atoms with E-state index in [0.29, 0.717) is 17.9 Å². The maximum absolute atomic E-state index is 12.2. The fraction of sp³-hybridized carbons (Fsp3) is 0.765. The third-order valence-electron chi connectivity index (χ3n) is 4.73. The number of amides is 1. The van der Waals surface area contributed by atoms with Gasteiger partial charge in [0.1, 0.15) is 10.6 Å². The Morgan fingerprint density at radius 2 is 2.17 bits per heavy atom. The van der Waals surface area contributed by atoms with Gasteiger partial charge in [-0.05, 0) is 51.9 Å². The minimum Gasteiger partial charge on any atom is -0.444 e. The minimum atomic E-state index is -0.414. The van der Waals surface area contributed by atoms with Crippen molar-refractivity contribution in [3.63, 3.8) is 0 Å². The summed E-state index contributed by atoms with van der Waals surface area (Å²) in [6, 6.07) is 0.540. The summed E-state index contributed by atoms with van der Waals surface area (Å²) in [5.74, 6) is 1.24. The monoisotopic (exact) mass is 337 g/mol. The fourth-order valence-electron chi connectivity index (χ4n) is 3.66. The van der Waals surface area contributed by atoms with Gasteiger partial charge in [-0.1, -0.05) is 0 Å². The summed E-state index contributed by atoms with van der Waals surface area (Å²) < 4.78 is 5.52. The van der Waals surface area contributed by atoms with Gasteiger partial charge in [0.05, 0.1) is 0 Å². The summed E-state index contributed by atoms with van der Waals surface area (Å²) in [4.78, 5) is 18.5. The van der Waals surface area contributed by atoms with Crippen LogP contribution in [0.4, 0.5) is 4.79 Å². The molecule has 0 bridgehead atoms. The van der Waals surface area contributed by atoms with E-state index in [4.69, 9.17) is 4.74 Å². The highest BCUT2D eigenvalue weighted by Crippen LogP contribution is 2.37. The van der Waals surface area contributed by atoms with Crippen molar-refractivity contribution in [2.75, 3.05) is 13.1 Å². The van der Waals surface area contributed by atoms with Crippen LogP contribution in [0.5, 0.6) is 0 Å². The Kier molecular flexibility index (Phi) is 4.92. The number of fused-ring (bicyclic) bond motifs is 1. The van der Waals surface area contributed by atoms with E-state index in [0.717, 1.165) is 31.1 Å². The molecule has 3 rings (SSSR count). The molecule has 3 atom stereocenters. The third kappa shape index (κ3) is 4.44. The maximum atomic E-state index is 12.2. The molecule has 0 radical (unpaired) electrons. The van der Waals surface area contributed by atoms with Crippen LogP contribution in [0.1, 0.15) is 45.0 Å². The van der Waals surface area contributed by atoms with E-state index in [1.54, 1.807) is 11.3 Å². The Morgan fingerprint density at radius 1 is 1.39 bits per heavy atom. The number of likely N-dealkylation sites (tertiary alicyclic amines) is 1. The first-order valence-corrected chi connectivity index (χ1v) is 9.38. The molecule has 2 fully saturated rings. The zero-order chi connectivity index (χ0) is 16.4. The van der Waals surface area contributed by atoms with E-state index >= 15 is 0 Å². The number of nitrogens with one attached hydrogen (secondary N) is 1. The van der Waals surface area contributed by atoms with Gasteiger partial charge in [0.2, 0.25) is 0 Å². The third-order valence-corrected chi connectivity index (χ3v) is 5.51. The van der Waals surface area contributed by atoms with Gasteiger partial charge in [0.15, 0.2) is 0 Å². The van der Waals surface area contributed by atoms with Crippen molar-refractivity contribution in [2.24, 2.45) is 11.8 Å². The number of carbonyl (C=O) groups is 1.